The normalized spacial score (nSPS) is 11.0. The molecule has 35 heavy (non-hydrogen) atoms. The number of thiocarbonyl (C=S) groups is 1. The standard InChI is InChI=1S/C29H27N5S/c1-20-6-3-7-21(14-20)16-25(35)17-22-8-4-10-24(15-22)28-32-26-11-13-34(2)27(26)29(33-28)31-19-23-9-5-12-30-18-23/h3-15,18H,16-17,19H2,1-2H3,(H,31,32,33). The molecule has 0 radical (unpaired) electrons. The Morgan fingerprint density at radius 3 is 2.46 bits per heavy atom. The van der Waals surface area contributed by atoms with Crippen LogP contribution in [0, 0.1) is 6.92 Å². The average Bonchev–Trinajstić information content (AvgIpc) is 3.24. The quantitative estimate of drug-likeness (QED) is 0.274. The van der Waals surface area contributed by atoms with Gasteiger partial charge in [-0.2, -0.15) is 0 Å². The first-order chi connectivity index (χ1) is 17.0. The fraction of sp³-hybridized carbons (Fsp3) is 0.172. The Bertz CT molecular complexity index is 1490. The molecule has 3 heterocycles. The molecular formula is C29H27N5S. The lowest BCUT2D eigenvalue weighted by atomic mass is 10.0. The van der Waals surface area contributed by atoms with Gasteiger partial charge in [-0.15, -0.1) is 0 Å². The van der Waals surface area contributed by atoms with Crippen molar-refractivity contribution in [2.24, 2.45) is 7.05 Å². The number of hydrogen-bond donors (Lipinski definition) is 1. The van der Waals surface area contributed by atoms with Crippen LogP contribution in [0.4, 0.5) is 5.82 Å². The Morgan fingerprint density at radius 2 is 1.69 bits per heavy atom. The molecule has 3 aromatic heterocycles. The monoisotopic (exact) mass is 477 g/mol. The van der Waals surface area contributed by atoms with Crippen LogP contribution in [0.15, 0.2) is 85.3 Å². The molecule has 5 nitrogen and oxygen atoms in total. The van der Waals surface area contributed by atoms with Crippen LogP contribution in [0.2, 0.25) is 0 Å². The van der Waals surface area contributed by atoms with Gasteiger partial charge in [0.2, 0.25) is 0 Å². The molecule has 0 saturated heterocycles. The van der Waals surface area contributed by atoms with E-state index in [0.717, 1.165) is 45.7 Å². The molecule has 0 amide bonds. The van der Waals surface area contributed by atoms with Crippen LogP contribution in [-0.2, 0) is 26.4 Å². The second-order valence-electron chi connectivity index (χ2n) is 8.85. The molecule has 0 spiro atoms. The van der Waals surface area contributed by atoms with Crippen molar-refractivity contribution in [3.8, 4) is 11.4 Å². The molecule has 0 saturated carbocycles. The van der Waals surface area contributed by atoms with Crippen molar-refractivity contribution in [2.45, 2.75) is 26.3 Å². The highest BCUT2D eigenvalue weighted by Gasteiger charge is 2.13. The number of nitrogens with one attached hydrogen (secondary N) is 1. The van der Waals surface area contributed by atoms with Gasteiger partial charge in [0.1, 0.15) is 5.52 Å². The smallest absolute Gasteiger partial charge is 0.162 e. The first-order valence-corrected chi connectivity index (χ1v) is 12.1. The minimum Gasteiger partial charge on any atom is -0.364 e. The molecule has 5 rings (SSSR count). The predicted octanol–water partition coefficient (Wildman–Crippen LogP) is 6.11. The summed E-state index contributed by atoms with van der Waals surface area (Å²) in [7, 11) is 2.01. The van der Waals surface area contributed by atoms with E-state index in [4.69, 9.17) is 22.2 Å². The lowest BCUT2D eigenvalue weighted by molar-refractivity contribution is 0.959. The number of hydrogen-bond acceptors (Lipinski definition) is 5. The molecule has 6 heteroatoms. The summed E-state index contributed by atoms with van der Waals surface area (Å²) in [6, 6.07) is 22.9. The van der Waals surface area contributed by atoms with E-state index in [-0.39, 0.29) is 0 Å². The first kappa shape index (κ1) is 22.9. The third kappa shape index (κ3) is 5.44. The highest BCUT2D eigenvalue weighted by atomic mass is 32.1. The summed E-state index contributed by atoms with van der Waals surface area (Å²) >= 11 is 5.74. The summed E-state index contributed by atoms with van der Waals surface area (Å²) in [5.74, 6) is 1.51. The highest BCUT2D eigenvalue weighted by molar-refractivity contribution is 7.80. The number of aromatic nitrogens is 4. The Morgan fingerprint density at radius 1 is 0.914 bits per heavy atom. The zero-order chi connectivity index (χ0) is 24.2. The molecule has 174 valence electrons. The van der Waals surface area contributed by atoms with Crippen molar-refractivity contribution in [1.82, 2.24) is 19.5 Å². The van der Waals surface area contributed by atoms with Crippen LogP contribution in [0.1, 0.15) is 22.3 Å². The Balaban J connectivity index is 1.40. The van der Waals surface area contributed by atoms with Gasteiger partial charge in [-0.1, -0.05) is 66.3 Å². The van der Waals surface area contributed by atoms with Gasteiger partial charge < -0.3 is 9.88 Å². The molecule has 0 unspecified atom stereocenters. The molecular weight excluding hydrogens is 450 g/mol. The second kappa shape index (κ2) is 10.2. The van der Waals surface area contributed by atoms with Crippen molar-refractivity contribution >= 4 is 33.9 Å². The van der Waals surface area contributed by atoms with E-state index in [1.54, 1.807) is 6.20 Å². The fourth-order valence-corrected chi connectivity index (χ4v) is 4.63. The summed E-state index contributed by atoms with van der Waals surface area (Å²) in [6.07, 6.45) is 7.20. The number of rotatable bonds is 8. The van der Waals surface area contributed by atoms with Gasteiger partial charge in [-0.05, 0) is 41.8 Å². The molecule has 0 aliphatic heterocycles. The van der Waals surface area contributed by atoms with E-state index in [0.29, 0.717) is 12.4 Å². The van der Waals surface area contributed by atoms with E-state index in [9.17, 15) is 0 Å². The fourth-order valence-electron chi connectivity index (χ4n) is 4.29. The van der Waals surface area contributed by atoms with E-state index in [1.807, 2.05) is 42.2 Å². The molecule has 0 aliphatic carbocycles. The van der Waals surface area contributed by atoms with Crippen molar-refractivity contribution in [3.05, 3.63) is 108 Å². The number of benzene rings is 2. The molecule has 1 N–H and O–H groups in total. The topological polar surface area (TPSA) is 55.6 Å². The van der Waals surface area contributed by atoms with Gasteiger partial charge in [0, 0.05) is 55.5 Å². The SMILES string of the molecule is Cc1cccc(CC(=S)Cc2cccc(-c3nc(NCc4cccnc4)c4c(ccn4C)n3)c2)c1. The predicted molar refractivity (Wildman–Crippen MR) is 147 cm³/mol. The number of aryl methyl sites for hydroxylation is 2. The molecule has 0 aliphatic rings. The maximum atomic E-state index is 5.74. The largest absolute Gasteiger partial charge is 0.364 e. The van der Waals surface area contributed by atoms with Crippen LogP contribution < -0.4 is 5.32 Å². The maximum absolute atomic E-state index is 5.74. The summed E-state index contributed by atoms with van der Waals surface area (Å²) in [4.78, 5) is 15.0. The number of nitrogens with zero attached hydrogens (tertiary/aromatic N) is 4. The van der Waals surface area contributed by atoms with Crippen LogP contribution in [0.5, 0.6) is 0 Å². The molecule has 2 aromatic carbocycles. The lowest BCUT2D eigenvalue weighted by Gasteiger charge is -2.11. The van der Waals surface area contributed by atoms with E-state index in [2.05, 4.69) is 65.8 Å². The third-order valence-corrected chi connectivity index (χ3v) is 6.26. The van der Waals surface area contributed by atoms with E-state index < -0.39 is 0 Å². The zero-order valence-electron chi connectivity index (χ0n) is 19.9. The zero-order valence-corrected chi connectivity index (χ0v) is 20.7. The van der Waals surface area contributed by atoms with Crippen molar-refractivity contribution in [2.75, 3.05) is 5.32 Å². The molecule has 5 aromatic rings. The molecule has 0 bridgehead atoms. The summed E-state index contributed by atoms with van der Waals surface area (Å²) in [6.45, 7) is 2.75. The minimum absolute atomic E-state index is 0.637. The summed E-state index contributed by atoms with van der Waals surface area (Å²) in [5, 5.41) is 3.49. The van der Waals surface area contributed by atoms with Gasteiger partial charge in [-0.25, -0.2) is 9.97 Å². The Labute approximate surface area is 210 Å². The van der Waals surface area contributed by atoms with Crippen molar-refractivity contribution in [3.63, 3.8) is 0 Å². The van der Waals surface area contributed by atoms with Crippen LogP contribution in [0.3, 0.4) is 0 Å². The van der Waals surface area contributed by atoms with Crippen LogP contribution in [-0.4, -0.2) is 24.4 Å². The van der Waals surface area contributed by atoms with Gasteiger partial charge in [0.15, 0.2) is 11.6 Å². The van der Waals surface area contributed by atoms with Crippen molar-refractivity contribution < 1.29 is 0 Å². The van der Waals surface area contributed by atoms with Gasteiger partial charge in [0.25, 0.3) is 0 Å². The lowest BCUT2D eigenvalue weighted by Crippen LogP contribution is -2.06. The van der Waals surface area contributed by atoms with Crippen molar-refractivity contribution in [1.29, 1.82) is 0 Å². The number of anilines is 1. The average molecular weight is 478 g/mol. The van der Waals surface area contributed by atoms with Gasteiger partial charge in [-0.3, -0.25) is 4.98 Å². The number of pyridine rings is 1. The Hall–Kier alpha value is -3.90. The van der Waals surface area contributed by atoms with Gasteiger partial charge >= 0.3 is 0 Å². The number of fused-ring (bicyclic) bond motifs is 1. The van der Waals surface area contributed by atoms with Gasteiger partial charge in [0.05, 0.1) is 5.52 Å². The first-order valence-electron chi connectivity index (χ1n) is 11.7. The third-order valence-electron chi connectivity index (χ3n) is 5.97. The van der Waals surface area contributed by atoms with Crippen LogP contribution >= 0.6 is 12.2 Å². The van der Waals surface area contributed by atoms with E-state index in [1.165, 1.54) is 16.7 Å². The molecule has 0 atom stereocenters. The summed E-state index contributed by atoms with van der Waals surface area (Å²) in [5.41, 5.74) is 7.65. The minimum atomic E-state index is 0.637. The second-order valence-corrected chi connectivity index (χ2v) is 9.43. The summed E-state index contributed by atoms with van der Waals surface area (Å²) < 4.78 is 2.05. The Kier molecular flexibility index (Phi) is 6.64. The van der Waals surface area contributed by atoms with E-state index >= 15 is 0 Å². The highest BCUT2D eigenvalue weighted by Crippen LogP contribution is 2.26. The molecule has 0 fully saturated rings. The van der Waals surface area contributed by atoms with Crippen LogP contribution in [0.25, 0.3) is 22.4 Å². The maximum Gasteiger partial charge on any atom is 0.162 e.